The number of nitrogens with zero attached hydrogens (tertiary/aromatic N) is 1. The summed E-state index contributed by atoms with van der Waals surface area (Å²) in [5, 5.41) is 0. The average molecular weight is 175 g/mol. The largest absolute Gasteiger partial charge is 0.383 e. The molecule has 4 N–H and O–H groups in total. The Kier molecular flexibility index (Phi) is 3.30. The zero-order valence-corrected chi connectivity index (χ0v) is 7.67. The molecule has 0 aliphatic heterocycles. The predicted molar refractivity (Wildman–Crippen MR) is 53.9 cm³/mol. The maximum Gasteiger partial charge on any atom is 0.139 e. The Bertz CT molecular complexity index is 347. The summed E-state index contributed by atoms with van der Waals surface area (Å²) >= 11 is 0. The third-order valence-electron chi connectivity index (χ3n) is 1.55. The van der Waals surface area contributed by atoms with Gasteiger partial charge in [0.25, 0.3) is 0 Å². The highest BCUT2D eigenvalue weighted by Crippen LogP contribution is 2.07. The number of pyridine rings is 1. The van der Waals surface area contributed by atoms with Gasteiger partial charge in [0, 0.05) is 19.2 Å². The molecule has 0 aliphatic carbocycles. The van der Waals surface area contributed by atoms with E-state index in [4.69, 9.17) is 11.5 Å². The predicted octanol–water partition coefficient (Wildman–Crippen LogP) is 0.673. The lowest BCUT2D eigenvalue weighted by molar-refractivity contribution is 1.03. The van der Waals surface area contributed by atoms with Gasteiger partial charge in [-0.1, -0.05) is 11.8 Å². The van der Waals surface area contributed by atoms with Crippen LogP contribution in [0.2, 0.25) is 0 Å². The SMILES string of the molecule is Cc1cnc(N)c(C#CCCN)c1. The molecule has 0 saturated carbocycles. The van der Waals surface area contributed by atoms with E-state index in [1.165, 1.54) is 0 Å². The second-order valence-corrected chi connectivity index (χ2v) is 2.79. The van der Waals surface area contributed by atoms with Crippen LogP contribution >= 0.6 is 0 Å². The van der Waals surface area contributed by atoms with Crippen molar-refractivity contribution < 1.29 is 0 Å². The second-order valence-electron chi connectivity index (χ2n) is 2.79. The van der Waals surface area contributed by atoms with Gasteiger partial charge >= 0.3 is 0 Å². The van der Waals surface area contributed by atoms with Gasteiger partial charge in [-0.2, -0.15) is 0 Å². The monoisotopic (exact) mass is 175 g/mol. The van der Waals surface area contributed by atoms with Crippen LogP contribution in [0.15, 0.2) is 12.3 Å². The molecule has 1 heterocycles. The van der Waals surface area contributed by atoms with E-state index in [1.54, 1.807) is 6.20 Å². The van der Waals surface area contributed by atoms with Crippen LogP contribution in [0.5, 0.6) is 0 Å². The van der Waals surface area contributed by atoms with Crippen LogP contribution in [-0.4, -0.2) is 11.5 Å². The van der Waals surface area contributed by atoms with Crippen molar-refractivity contribution in [3.05, 3.63) is 23.4 Å². The van der Waals surface area contributed by atoms with Crippen LogP contribution < -0.4 is 11.5 Å². The van der Waals surface area contributed by atoms with Crippen LogP contribution in [-0.2, 0) is 0 Å². The molecule has 1 rings (SSSR count). The lowest BCUT2D eigenvalue weighted by atomic mass is 10.2. The maximum atomic E-state index is 5.63. The van der Waals surface area contributed by atoms with Crippen molar-refractivity contribution in [2.45, 2.75) is 13.3 Å². The molecule has 1 aromatic rings. The van der Waals surface area contributed by atoms with Crippen molar-refractivity contribution in [3.8, 4) is 11.8 Å². The summed E-state index contributed by atoms with van der Waals surface area (Å²) in [6.45, 7) is 2.53. The van der Waals surface area contributed by atoms with Crippen LogP contribution in [0.1, 0.15) is 17.5 Å². The number of anilines is 1. The fraction of sp³-hybridized carbons (Fsp3) is 0.300. The molecule has 0 aromatic carbocycles. The normalized spacial score (nSPS) is 9.08. The van der Waals surface area contributed by atoms with E-state index in [0.29, 0.717) is 18.8 Å². The Balaban J connectivity index is 2.89. The topological polar surface area (TPSA) is 64.9 Å². The quantitative estimate of drug-likeness (QED) is 0.617. The molecule has 68 valence electrons. The Morgan fingerprint density at radius 1 is 1.54 bits per heavy atom. The van der Waals surface area contributed by atoms with Gasteiger partial charge in [0.15, 0.2) is 0 Å². The summed E-state index contributed by atoms with van der Waals surface area (Å²) in [5.74, 6) is 6.34. The van der Waals surface area contributed by atoms with Gasteiger partial charge in [0.05, 0.1) is 5.56 Å². The molecule has 0 spiro atoms. The molecule has 0 fully saturated rings. The smallest absolute Gasteiger partial charge is 0.139 e. The Morgan fingerprint density at radius 3 is 3.00 bits per heavy atom. The summed E-state index contributed by atoms with van der Waals surface area (Å²) in [4.78, 5) is 4.00. The van der Waals surface area contributed by atoms with Crippen LogP contribution in [0.3, 0.4) is 0 Å². The average Bonchev–Trinajstić information content (AvgIpc) is 2.11. The van der Waals surface area contributed by atoms with Crippen molar-refractivity contribution in [3.63, 3.8) is 0 Å². The summed E-state index contributed by atoms with van der Waals surface area (Å²) in [7, 11) is 0. The van der Waals surface area contributed by atoms with E-state index in [2.05, 4.69) is 16.8 Å². The van der Waals surface area contributed by atoms with E-state index in [-0.39, 0.29) is 0 Å². The minimum atomic E-state index is 0.482. The summed E-state index contributed by atoms with van der Waals surface area (Å²) in [6, 6.07) is 1.92. The molecule has 0 aliphatic rings. The molecular formula is C10H13N3. The van der Waals surface area contributed by atoms with Crippen LogP contribution in [0.4, 0.5) is 5.82 Å². The molecule has 0 bridgehead atoms. The summed E-state index contributed by atoms with van der Waals surface area (Å²) in [5.41, 5.74) is 12.8. The number of nitrogens with two attached hydrogens (primary N) is 2. The Hall–Kier alpha value is -1.53. The van der Waals surface area contributed by atoms with Gasteiger partial charge in [-0.05, 0) is 18.6 Å². The fourth-order valence-electron chi connectivity index (χ4n) is 0.910. The van der Waals surface area contributed by atoms with Gasteiger partial charge in [0.2, 0.25) is 0 Å². The Morgan fingerprint density at radius 2 is 2.31 bits per heavy atom. The highest BCUT2D eigenvalue weighted by atomic mass is 14.8. The van der Waals surface area contributed by atoms with E-state index in [1.807, 2.05) is 13.0 Å². The van der Waals surface area contributed by atoms with Gasteiger partial charge < -0.3 is 11.5 Å². The maximum absolute atomic E-state index is 5.63. The number of hydrogen-bond donors (Lipinski definition) is 2. The lowest BCUT2D eigenvalue weighted by Crippen LogP contribution is -1.97. The molecular weight excluding hydrogens is 162 g/mol. The third-order valence-corrected chi connectivity index (χ3v) is 1.55. The van der Waals surface area contributed by atoms with Crippen molar-refractivity contribution in [1.82, 2.24) is 4.98 Å². The first-order chi connectivity index (χ1) is 6.24. The van der Waals surface area contributed by atoms with Crippen LogP contribution in [0.25, 0.3) is 0 Å². The molecule has 0 radical (unpaired) electrons. The van der Waals surface area contributed by atoms with E-state index in [9.17, 15) is 0 Å². The number of hydrogen-bond acceptors (Lipinski definition) is 3. The third kappa shape index (κ3) is 2.77. The van der Waals surface area contributed by atoms with Gasteiger partial charge in [0.1, 0.15) is 5.82 Å². The zero-order chi connectivity index (χ0) is 9.68. The van der Waals surface area contributed by atoms with Gasteiger partial charge in [-0.25, -0.2) is 4.98 Å². The number of aromatic nitrogens is 1. The molecule has 3 heteroatoms. The van der Waals surface area contributed by atoms with Gasteiger partial charge in [-0.3, -0.25) is 0 Å². The van der Waals surface area contributed by atoms with E-state index < -0.39 is 0 Å². The van der Waals surface area contributed by atoms with E-state index >= 15 is 0 Å². The summed E-state index contributed by atoms with van der Waals surface area (Å²) < 4.78 is 0. The molecule has 1 aromatic heterocycles. The molecule has 13 heavy (non-hydrogen) atoms. The first-order valence-electron chi connectivity index (χ1n) is 4.15. The van der Waals surface area contributed by atoms with Crippen molar-refractivity contribution in [2.24, 2.45) is 5.73 Å². The molecule has 3 nitrogen and oxygen atoms in total. The summed E-state index contributed by atoms with van der Waals surface area (Å²) in [6.07, 6.45) is 2.41. The van der Waals surface area contributed by atoms with Crippen molar-refractivity contribution >= 4 is 5.82 Å². The number of rotatable bonds is 1. The molecule has 0 saturated heterocycles. The highest BCUT2D eigenvalue weighted by molar-refractivity contribution is 5.51. The molecule has 0 unspecified atom stereocenters. The Labute approximate surface area is 78.2 Å². The van der Waals surface area contributed by atoms with Crippen molar-refractivity contribution in [1.29, 1.82) is 0 Å². The van der Waals surface area contributed by atoms with Crippen molar-refractivity contribution in [2.75, 3.05) is 12.3 Å². The molecule has 0 atom stereocenters. The highest BCUT2D eigenvalue weighted by Gasteiger charge is 1.95. The standard InChI is InChI=1S/C10H13N3/c1-8-6-9(4-2-3-5-11)10(12)13-7-8/h6-7H,3,5,11H2,1H3,(H2,12,13). The zero-order valence-electron chi connectivity index (χ0n) is 7.67. The first-order valence-corrected chi connectivity index (χ1v) is 4.15. The minimum absolute atomic E-state index is 0.482. The van der Waals surface area contributed by atoms with E-state index in [0.717, 1.165) is 11.1 Å². The lowest BCUT2D eigenvalue weighted by Gasteiger charge is -1.97. The molecule has 0 amide bonds. The fourth-order valence-corrected chi connectivity index (χ4v) is 0.910. The number of nitrogen functional groups attached to an aromatic ring is 1. The minimum Gasteiger partial charge on any atom is -0.383 e. The second kappa shape index (κ2) is 4.48. The van der Waals surface area contributed by atoms with Gasteiger partial charge in [-0.15, -0.1) is 0 Å². The van der Waals surface area contributed by atoms with Crippen LogP contribution in [0, 0.1) is 18.8 Å². The first kappa shape index (κ1) is 9.56. The number of aryl methyl sites for hydroxylation is 1.